The molecule has 1 aromatic rings. The number of carbonyl (C=O) groups excluding carboxylic acids is 2. The van der Waals surface area contributed by atoms with E-state index in [2.05, 4.69) is 0 Å². The minimum absolute atomic E-state index is 0.0223. The van der Waals surface area contributed by atoms with Crippen molar-refractivity contribution in [1.29, 1.82) is 0 Å². The topological polar surface area (TPSA) is 261 Å². The molecule has 0 spiro atoms. The van der Waals surface area contributed by atoms with Gasteiger partial charge in [0.05, 0.1) is 45.2 Å². The van der Waals surface area contributed by atoms with Gasteiger partial charge >= 0.3 is 11.9 Å². The summed E-state index contributed by atoms with van der Waals surface area (Å²) in [4.78, 5) is 25.7. The number of hydrogen-bond donors (Lipinski definition) is 8. The van der Waals surface area contributed by atoms with E-state index in [1.54, 1.807) is 19.1 Å². The summed E-state index contributed by atoms with van der Waals surface area (Å²) in [6.07, 6.45) is -13.5. The quantitative estimate of drug-likeness (QED) is 0.0624. The molecule has 48 heavy (non-hydrogen) atoms. The van der Waals surface area contributed by atoms with E-state index in [4.69, 9.17) is 33.2 Å². The molecule has 12 atom stereocenters. The second-order valence-corrected chi connectivity index (χ2v) is 11.3. The first-order chi connectivity index (χ1) is 22.9. The smallest absolute Gasteiger partial charge is 0.337 e. The summed E-state index contributed by atoms with van der Waals surface area (Å²) in [5.74, 6) is -2.29. The van der Waals surface area contributed by atoms with Gasteiger partial charge < -0.3 is 74.0 Å². The van der Waals surface area contributed by atoms with Gasteiger partial charge in [-0.2, -0.15) is 0 Å². The van der Waals surface area contributed by atoms with Crippen LogP contribution >= 0.6 is 0 Å². The third-order valence-electron chi connectivity index (χ3n) is 8.28. The third-order valence-corrected chi connectivity index (χ3v) is 8.28. The van der Waals surface area contributed by atoms with Crippen LogP contribution in [0.2, 0.25) is 0 Å². The summed E-state index contributed by atoms with van der Waals surface area (Å²) in [5.41, 5.74) is 0.997. The van der Waals surface area contributed by atoms with Gasteiger partial charge in [0.25, 0.3) is 0 Å². The molecule has 0 bridgehead atoms. The van der Waals surface area contributed by atoms with E-state index in [0.29, 0.717) is 6.42 Å². The fourth-order valence-corrected chi connectivity index (χ4v) is 5.49. The number of rotatable bonds is 12. The predicted molar refractivity (Wildman–Crippen MR) is 157 cm³/mol. The first-order valence-electron chi connectivity index (χ1n) is 15.2. The summed E-state index contributed by atoms with van der Waals surface area (Å²) in [6, 6.07) is 6.39. The maximum atomic E-state index is 13.1. The van der Waals surface area contributed by atoms with Gasteiger partial charge in [0, 0.05) is 11.5 Å². The standard InChI is InChI=1S/C31H42O17/c1-3-16-17(18(28(41)42-2)13-44-29(16)48-31-27(40)25(38)23(36)20(12-33)47-31)10-21(34)45-15-6-4-14(5-7-15)8-9-43-30-26(39)24(37)22(35)19(11-32)46-30/h3-7,13,17,19-20,22-27,29-33,35-40H,8-12H2,1-2H3/b16-3+/t17-,19+,20?,22+,23?,24-,25?,26+,27?,29-,30+,31?/m0/s1. The van der Waals surface area contributed by atoms with E-state index in [1.807, 2.05) is 0 Å². The zero-order chi connectivity index (χ0) is 35.1. The van der Waals surface area contributed by atoms with Crippen molar-refractivity contribution in [2.24, 2.45) is 5.92 Å². The number of carbonyl (C=O) groups is 2. The summed E-state index contributed by atoms with van der Waals surface area (Å²) >= 11 is 0. The molecule has 3 aliphatic heterocycles. The maximum absolute atomic E-state index is 13.1. The Bertz CT molecular complexity index is 1280. The molecule has 0 amide bonds. The fraction of sp³-hybridized carbons (Fsp3) is 0.613. The van der Waals surface area contributed by atoms with E-state index in [1.165, 1.54) is 18.2 Å². The van der Waals surface area contributed by atoms with E-state index >= 15 is 0 Å². The average Bonchev–Trinajstić information content (AvgIpc) is 3.08. The van der Waals surface area contributed by atoms with Crippen LogP contribution in [0, 0.1) is 5.92 Å². The number of ether oxygens (including phenoxy) is 7. The highest BCUT2D eigenvalue weighted by Crippen LogP contribution is 2.36. The van der Waals surface area contributed by atoms with Gasteiger partial charge in [0.2, 0.25) is 6.29 Å². The highest BCUT2D eigenvalue weighted by molar-refractivity contribution is 5.91. The molecule has 268 valence electrons. The molecule has 0 aliphatic carbocycles. The number of hydrogen-bond acceptors (Lipinski definition) is 17. The predicted octanol–water partition coefficient (Wildman–Crippen LogP) is -2.87. The highest BCUT2D eigenvalue weighted by atomic mass is 16.8. The summed E-state index contributed by atoms with van der Waals surface area (Å²) in [6.45, 7) is 0.393. The zero-order valence-corrected chi connectivity index (χ0v) is 26.2. The Morgan fingerprint density at radius 2 is 1.42 bits per heavy atom. The van der Waals surface area contributed by atoms with Crippen molar-refractivity contribution < 1.29 is 83.6 Å². The molecule has 1 aromatic carbocycles. The Morgan fingerprint density at radius 3 is 1.98 bits per heavy atom. The van der Waals surface area contributed by atoms with Gasteiger partial charge in [-0.3, -0.25) is 4.79 Å². The average molecular weight is 687 g/mol. The van der Waals surface area contributed by atoms with E-state index in [9.17, 15) is 50.4 Å². The number of esters is 2. The van der Waals surface area contributed by atoms with Gasteiger partial charge in [-0.25, -0.2) is 4.79 Å². The molecule has 2 fully saturated rings. The fourth-order valence-electron chi connectivity index (χ4n) is 5.49. The molecule has 17 nitrogen and oxygen atoms in total. The largest absolute Gasteiger partial charge is 0.468 e. The van der Waals surface area contributed by atoms with Crippen LogP contribution in [0.1, 0.15) is 18.9 Å². The van der Waals surface area contributed by atoms with Crippen molar-refractivity contribution >= 4 is 11.9 Å². The lowest BCUT2D eigenvalue weighted by Crippen LogP contribution is -2.60. The Balaban J connectivity index is 1.36. The van der Waals surface area contributed by atoms with Crippen molar-refractivity contribution in [3.05, 3.63) is 53.3 Å². The molecule has 0 radical (unpaired) electrons. The minimum Gasteiger partial charge on any atom is -0.468 e. The summed E-state index contributed by atoms with van der Waals surface area (Å²) in [5, 5.41) is 79.3. The van der Waals surface area contributed by atoms with Crippen molar-refractivity contribution in [3.8, 4) is 5.75 Å². The van der Waals surface area contributed by atoms with Crippen molar-refractivity contribution in [2.45, 2.75) is 87.5 Å². The lowest BCUT2D eigenvalue weighted by atomic mass is 9.86. The molecule has 8 N–H and O–H groups in total. The summed E-state index contributed by atoms with van der Waals surface area (Å²) < 4.78 is 37.9. The minimum atomic E-state index is -1.72. The van der Waals surface area contributed by atoms with Crippen LogP contribution in [-0.4, -0.2) is 147 Å². The zero-order valence-electron chi connectivity index (χ0n) is 26.2. The van der Waals surface area contributed by atoms with Gasteiger partial charge in [-0.15, -0.1) is 0 Å². The van der Waals surface area contributed by atoms with Crippen LogP contribution in [-0.2, 0) is 44.4 Å². The first kappa shape index (κ1) is 37.8. The van der Waals surface area contributed by atoms with E-state index < -0.39 is 98.8 Å². The first-order valence-corrected chi connectivity index (χ1v) is 15.2. The number of aliphatic hydroxyl groups is 8. The van der Waals surface area contributed by atoms with Crippen molar-refractivity contribution in [1.82, 2.24) is 0 Å². The SMILES string of the molecule is C/C=C1/[C@H](OC2OC(CO)C(O)C(O)C2O)OC=C(C(=O)OC)[C@H]1CC(=O)Oc1ccc(CCO[C@@H]2O[C@H](CO)[C@@H](O)[C@H](O)[C@H]2O)cc1. The second kappa shape index (κ2) is 17.1. The van der Waals surface area contributed by atoms with Crippen LogP contribution in [0.25, 0.3) is 0 Å². The lowest BCUT2D eigenvalue weighted by molar-refractivity contribution is -0.327. The van der Waals surface area contributed by atoms with Crippen LogP contribution in [0.3, 0.4) is 0 Å². The highest BCUT2D eigenvalue weighted by Gasteiger charge is 2.47. The van der Waals surface area contributed by atoms with Crippen LogP contribution < -0.4 is 4.74 Å². The van der Waals surface area contributed by atoms with Crippen LogP contribution in [0.5, 0.6) is 5.75 Å². The van der Waals surface area contributed by atoms with E-state index in [-0.39, 0.29) is 29.9 Å². The molecule has 3 aliphatic rings. The van der Waals surface area contributed by atoms with Crippen molar-refractivity contribution in [2.75, 3.05) is 26.9 Å². The lowest BCUT2D eigenvalue weighted by Gasteiger charge is -2.41. The molecule has 17 heteroatoms. The Morgan fingerprint density at radius 1 is 0.833 bits per heavy atom. The van der Waals surface area contributed by atoms with E-state index in [0.717, 1.165) is 18.9 Å². The molecule has 0 saturated carbocycles. The molecule has 2 saturated heterocycles. The molecular weight excluding hydrogens is 644 g/mol. The van der Waals surface area contributed by atoms with Crippen molar-refractivity contribution in [3.63, 3.8) is 0 Å². The number of methoxy groups -OCH3 is 1. The number of allylic oxidation sites excluding steroid dienone is 1. The Kier molecular flexibility index (Phi) is 13.4. The number of aliphatic hydroxyl groups excluding tert-OH is 8. The Hall–Kier alpha value is -3.04. The maximum Gasteiger partial charge on any atom is 0.337 e. The molecule has 4 rings (SSSR count). The van der Waals surface area contributed by atoms with Crippen LogP contribution in [0.4, 0.5) is 0 Å². The number of benzene rings is 1. The third kappa shape index (κ3) is 8.57. The van der Waals surface area contributed by atoms with Gasteiger partial charge in [0.1, 0.15) is 54.6 Å². The molecular formula is C31H42O17. The molecule has 5 unspecified atom stereocenters. The van der Waals surface area contributed by atoms with Gasteiger partial charge in [-0.05, 0) is 31.0 Å². The van der Waals surface area contributed by atoms with Gasteiger partial charge in [-0.1, -0.05) is 18.2 Å². The monoisotopic (exact) mass is 686 g/mol. The van der Waals surface area contributed by atoms with Gasteiger partial charge in [0.15, 0.2) is 12.6 Å². The second-order valence-electron chi connectivity index (χ2n) is 11.3. The van der Waals surface area contributed by atoms with Crippen LogP contribution in [0.15, 0.2) is 47.7 Å². The molecule has 0 aromatic heterocycles. The molecule has 3 heterocycles. The normalized spacial score (nSPS) is 36.2. The Labute approximate surface area is 275 Å². The summed E-state index contributed by atoms with van der Waals surface area (Å²) in [7, 11) is 1.15.